The van der Waals surface area contributed by atoms with E-state index in [1.807, 2.05) is 0 Å². The summed E-state index contributed by atoms with van der Waals surface area (Å²) in [7, 11) is 1.76. The van der Waals surface area contributed by atoms with Crippen LogP contribution in [0.15, 0.2) is 0 Å². The fraction of sp³-hybridized carbons (Fsp3) is 1.00. The van der Waals surface area contributed by atoms with Gasteiger partial charge in [0.15, 0.2) is 0 Å². The molecule has 2 atom stereocenters. The van der Waals surface area contributed by atoms with E-state index in [9.17, 15) is 5.11 Å². The predicted molar refractivity (Wildman–Crippen MR) is 69.1 cm³/mol. The van der Waals surface area contributed by atoms with Crippen LogP contribution >= 0.6 is 0 Å². The largest absolute Gasteiger partial charge is 0.388 e. The summed E-state index contributed by atoms with van der Waals surface area (Å²) in [5.41, 5.74) is -0.575. The molecule has 2 saturated heterocycles. The summed E-state index contributed by atoms with van der Waals surface area (Å²) in [6.45, 7) is 6.46. The molecule has 2 aliphatic rings. The van der Waals surface area contributed by atoms with E-state index < -0.39 is 5.60 Å². The molecule has 0 spiro atoms. The Morgan fingerprint density at radius 2 is 2.12 bits per heavy atom. The Balaban J connectivity index is 1.95. The summed E-state index contributed by atoms with van der Waals surface area (Å²) in [4.78, 5) is 2.49. The molecule has 2 heterocycles. The maximum Gasteiger partial charge on any atom is 0.0815 e. The fourth-order valence-corrected chi connectivity index (χ4v) is 3.28. The van der Waals surface area contributed by atoms with Gasteiger partial charge in [0.05, 0.1) is 11.2 Å². The van der Waals surface area contributed by atoms with Crippen molar-refractivity contribution in [3.05, 3.63) is 0 Å². The van der Waals surface area contributed by atoms with Crippen LogP contribution in [0.1, 0.15) is 52.4 Å². The van der Waals surface area contributed by atoms with Crippen LogP contribution in [0, 0.1) is 0 Å². The average molecular weight is 241 g/mol. The minimum absolute atomic E-state index is 0.113. The van der Waals surface area contributed by atoms with E-state index >= 15 is 0 Å². The van der Waals surface area contributed by atoms with Crippen molar-refractivity contribution in [3.8, 4) is 0 Å². The number of aliphatic hydroxyl groups is 1. The van der Waals surface area contributed by atoms with Gasteiger partial charge in [0.25, 0.3) is 0 Å². The highest BCUT2D eigenvalue weighted by Gasteiger charge is 2.46. The third-order valence-corrected chi connectivity index (χ3v) is 4.78. The van der Waals surface area contributed by atoms with Crippen molar-refractivity contribution in [1.29, 1.82) is 0 Å². The summed E-state index contributed by atoms with van der Waals surface area (Å²) >= 11 is 0. The molecular weight excluding hydrogens is 214 g/mol. The first-order valence-electron chi connectivity index (χ1n) is 6.98. The van der Waals surface area contributed by atoms with Gasteiger partial charge in [0, 0.05) is 19.7 Å². The van der Waals surface area contributed by atoms with Crippen LogP contribution < -0.4 is 0 Å². The van der Waals surface area contributed by atoms with Gasteiger partial charge in [0.1, 0.15) is 0 Å². The zero-order valence-electron chi connectivity index (χ0n) is 11.5. The molecule has 2 aliphatic heterocycles. The maximum absolute atomic E-state index is 10.8. The second kappa shape index (κ2) is 4.87. The lowest BCUT2D eigenvalue weighted by atomic mass is 9.82. The average Bonchev–Trinajstić information content (AvgIpc) is 2.67. The zero-order chi connectivity index (χ0) is 12.5. The van der Waals surface area contributed by atoms with Gasteiger partial charge in [-0.1, -0.05) is 6.42 Å². The van der Waals surface area contributed by atoms with Crippen molar-refractivity contribution in [1.82, 2.24) is 4.90 Å². The lowest BCUT2D eigenvalue weighted by Gasteiger charge is -2.38. The van der Waals surface area contributed by atoms with E-state index in [1.54, 1.807) is 7.11 Å². The van der Waals surface area contributed by atoms with Gasteiger partial charge in [0.2, 0.25) is 0 Å². The van der Waals surface area contributed by atoms with Crippen molar-refractivity contribution in [2.24, 2.45) is 0 Å². The smallest absolute Gasteiger partial charge is 0.0815 e. The number of methoxy groups -OCH3 is 1. The highest BCUT2D eigenvalue weighted by Crippen LogP contribution is 2.39. The Hall–Kier alpha value is -0.120. The van der Waals surface area contributed by atoms with Crippen molar-refractivity contribution >= 4 is 0 Å². The minimum atomic E-state index is -0.462. The first-order valence-corrected chi connectivity index (χ1v) is 6.98. The molecule has 0 saturated carbocycles. The van der Waals surface area contributed by atoms with Gasteiger partial charge in [-0.2, -0.15) is 0 Å². The summed E-state index contributed by atoms with van der Waals surface area (Å²) in [6.07, 6.45) is 6.49. The molecule has 3 nitrogen and oxygen atoms in total. The van der Waals surface area contributed by atoms with Crippen molar-refractivity contribution < 1.29 is 9.84 Å². The number of fused-ring (bicyclic) bond motifs is 1. The standard InChI is InChI=1S/C14H27NO2/c1-13(2,17-3)7-8-14(16)9-11-15-10-5-4-6-12(14)15/h12,16H,4-11H2,1-3H3. The Morgan fingerprint density at radius 3 is 2.82 bits per heavy atom. The molecule has 0 amide bonds. The van der Waals surface area contributed by atoms with E-state index in [2.05, 4.69) is 18.7 Å². The molecule has 0 aliphatic carbocycles. The number of piperidine rings is 1. The summed E-state index contributed by atoms with van der Waals surface area (Å²) in [5, 5.41) is 10.8. The lowest BCUT2D eigenvalue weighted by Crippen LogP contribution is -2.47. The molecule has 0 aromatic carbocycles. The number of hydrogen-bond donors (Lipinski definition) is 1. The maximum atomic E-state index is 10.8. The SMILES string of the molecule is COC(C)(C)CCC1(O)CCN2CCCCC21. The van der Waals surface area contributed by atoms with Crippen LogP contribution in [-0.4, -0.2) is 47.4 Å². The minimum Gasteiger partial charge on any atom is -0.388 e. The van der Waals surface area contributed by atoms with Crippen LogP contribution in [0.2, 0.25) is 0 Å². The fourth-order valence-electron chi connectivity index (χ4n) is 3.28. The Labute approximate surface area is 105 Å². The van der Waals surface area contributed by atoms with Crippen LogP contribution in [0.25, 0.3) is 0 Å². The molecule has 2 rings (SSSR count). The molecule has 2 fully saturated rings. The molecule has 0 bridgehead atoms. The van der Waals surface area contributed by atoms with Crippen molar-refractivity contribution in [2.75, 3.05) is 20.2 Å². The summed E-state index contributed by atoms with van der Waals surface area (Å²) < 4.78 is 5.45. The van der Waals surface area contributed by atoms with E-state index in [4.69, 9.17) is 4.74 Å². The van der Waals surface area contributed by atoms with E-state index in [-0.39, 0.29) is 5.60 Å². The molecule has 1 N–H and O–H groups in total. The number of hydrogen-bond acceptors (Lipinski definition) is 3. The number of nitrogens with zero attached hydrogens (tertiary/aromatic N) is 1. The van der Waals surface area contributed by atoms with Gasteiger partial charge in [-0.05, 0) is 52.5 Å². The molecule has 2 unspecified atom stereocenters. The van der Waals surface area contributed by atoms with Crippen LogP contribution in [0.5, 0.6) is 0 Å². The summed E-state index contributed by atoms with van der Waals surface area (Å²) in [6, 6.07) is 0.406. The van der Waals surface area contributed by atoms with E-state index in [0.29, 0.717) is 6.04 Å². The topological polar surface area (TPSA) is 32.7 Å². The number of rotatable bonds is 4. The molecular formula is C14H27NO2. The normalized spacial score (nSPS) is 34.9. The highest BCUT2D eigenvalue weighted by molar-refractivity contribution is 5.01. The highest BCUT2D eigenvalue weighted by atomic mass is 16.5. The van der Waals surface area contributed by atoms with Crippen LogP contribution in [0.3, 0.4) is 0 Å². The Morgan fingerprint density at radius 1 is 1.35 bits per heavy atom. The molecule has 3 heteroatoms. The van der Waals surface area contributed by atoms with Crippen molar-refractivity contribution in [3.63, 3.8) is 0 Å². The quantitative estimate of drug-likeness (QED) is 0.819. The van der Waals surface area contributed by atoms with Crippen molar-refractivity contribution in [2.45, 2.75) is 69.6 Å². The van der Waals surface area contributed by atoms with Crippen LogP contribution in [-0.2, 0) is 4.74 Å². The molecule has 0 aromatic rings. The second-order valence-electron chi connectivity index (χ2n) is 6.36. The third-order valence-electron chi connectivity index (χ3n) is 4.78. The number of ether oxygens (including phenoxy) is 1. The zero-order valence-corrected chi connectivity index (χ0v) is 11.5. The summed E-state index contributed by atoms with van der Waals surface area (Å²) in [5.74, 6) is 0. The van der Waals surface area contributed by atoms with E-state index in [1.165, 1.54) is 25.8 Å². The first-order chi connectivity index (χ1) is 7.97. The van der Waals surface area contributed by atoms with E-state index in [0.717, 1.165) is 25.8 Å². The second-order valence-corrected chi connectivity index (χ2v) is 6.36. The predicted octanol–water partition coefficient (Wildman–Crippen LogP) is 2.18. The molecule has 17 heavy (non-hydrogen) atoms. The Bertz CT molecular complexity index is 267. The third kappa shape index (κ3) is 2.83. The lowest BCUT2D eigenvalue weighted by molar-refractivity contribution is -0.0476. The van der Waals surface area contributed by atoms with Gasteiger partial charge in [-0.15, -0.1) is 0 Å². The Kier molecular flexibility index (Phi) is 3.81. The monoisotopic (exact) mass is 241 g/mol. The molecule has 0 aromatic heterocycles. The first kappa shape index (κ1) is 13.3. The van der Waals surface area contributed by atoms with Gasteiger partial charge in [-0.25, -0.2) is 0 Å². The van der Waals surface area contributed by atoms with Crippen LogP contribution in [0.4, 0.5) is 0 Å². The molecule has 0 radical (unpaired) electrons. The van der Waals surface area contributed by atoms with Gasteiger partial charge in [-0.3, -0.25) is 4.90 Å². The van der Waals surface area contributed by atoms with Gasteiger partial charge >= 0.3 is 0 Å². The van der Waals surface area contributed by atoms with Gasteiger partial charge < -0.3 is 9.84 Å². The molecule has 100 valence electrons.